The number of H-pyrrole nitrogens is 1. The van der Waals surface area contributed by atoms with Gasteiger partial charge in [0.2, 0.25) is 0 Å². The number of hydrogen-bond acceptors (Lipinski definition) is 2. The van der Waals surface area contributed by atoms with Crippen molar-refractivity contribution < 1.29 is 9.53 Å². The number of aromatic amines is 1. The number of Topliss-reactive ketones (excluding diaryl/α,β-unsaturated/α-hetero) is 1. The van der Waals surface area contributed by atoms with E-state index in [9.17, 15) is 4.79 Å². The van der Waals surface area contributed by atoms with E-state index in [0.717, 1.165) is 47.9 Å². The van der Waals surface area contributed by atoms with Crippen LogP contribution in [0.15, 0.2) is 48.5 Å². The number of ketones is 1. The number of methoxy groups -OCH3 is 1. The summed E-state index contributed by atoms with van der Waals surface area (Å²) in [5.74, 6) is 0.960. The van der Waals surface area contributed by atoms with E-state index in [0.29, 0.717) is 10.7 Å². The summed E-state index contributed by atoms with van der Waals surface area (Å²) in [6.07, 6.45) is 3.91. The normalized spacial score (nSPS) is 16.2. The van der Waals surface area contributed by atoms with Crippen molar-refractivity contribution in [3.8, 4) is 5.75 Å². The molecule has 3 aromatic rings. The van der Waals surface area contributed by atoms with Gasteiger partial charge in [-0.15, -0.1) is 0 Å². The lowest BCUT2D eigenvalue weighted by Gasteiger charge is -2.27. The third kappa shape index (κ3) is 2.73. The first-order chi connectivity index (χ1) is 12.1. The fourth-order valence-electron chi connectivity index (χ4n) is 4.01. The van der Waals surface area contributed by atoms with Crippen molar-refractivity contribution in [3.05, 3.63) is 64.8 Å². The van der Waals surface area contributed by atoms with E-state index in [1.54, 1.807) is 7.11 Å². The first-order valence-electron chi connectivity index (χ1n) is 8.60. The van der Waals surface area contributed by atoms with Gasteiger partial charge in [-0.2, -0.15) is 0 Å². The van der Waals surface area contributed by atoms with Gasteiger partial charge in [0.05, 0.1) is 18.2 Å². The zero-order valence-electron chi connectivity index (χ0n) is 14.1. The Hall–Kier alpha value is -2.26. The Morgan fingerprint density at radius 1 is 1.08 bits per heavy atom. The minimum atomic E-state index is -0.449. The van der Waals surface area contributed by atoms with Gasteiger partial charge in [0.1, 0.15) is 5.75 Å². The summed E-state index contributed by atoms with van der Waals surface area (Å²) in [5, 5.41) is 1.69. The third-order valence-corrected chi connectivity index (χ3v) is 5.61. The lowest BCUT2D eigenvalue weighted by atomic mass is 9.74. The Balaban J connectivity index is 1.77. The van der Waals surface area contributed by atoms with Crippen molar-refractivity contribution in [2.45, 2.75) is 31.1 Å². The van der Waals surface area contributed by atoms with Crippen molar-refractivity contribution in [1.29, 1.82) is 0 Å². The molecule has 1 aromatic heterocycles. The molecule has 1 aliphatic carbocycles. The van der Waals surface area contributed by atoms with Crippen LogP contribution < -0.4 is 4.74 Å². The smallest absolute Gasteiger partial charge is 0.189 e. The molecule has 1 fully saturated rings. The predicted molar refractivity (Wildman–Crippen MR) is 101 cm³/mol. The van der Waals surface area contributed by atoms with E-state index in [1.807, 2.05) is 48.5 Å². The van der Waals surface area contributed by atoms with Gasteiger partial charge in [-0.3, -0.25) is 4.79 Å². The van der Waals surface area contributed by atoms with E-state index < -0.39 is 5.41 Å². The van der Waals surface area contributed by atoms with Crippen LogP contribution in [0.5, 0.6) is 5.75 Å². The predicted octanol–water partition coefficient (Wildman–Crippen LogP) is 5.52. The molecule has 0 radical (unpaired) electrons. The molecule has 2 aromatic carbocycles. The number of fused-ring (bicyclic) bond motifs is 1. The number of hydrogen-bond donors (Lipinski definition) is 1. The molecule has 1 N–H and O–H groups in total. The summed E-state index contributed by atoms with van der Waals surface area (Å²) >= 11 is 6.04. The van der Waals surface area contributed by atoms with Crippen molar-refractivity contribution in [3.63, 3.8) is 0 Å². The number of ether oxygens (including phenoxy) is 1. The van der Waals surface area contributed by atoms with Crippen LogP contribution in [0.1, 0.15) is 41.7 Å². The third-order valence-electron chi connectivity index (χ3n) is 5.36. The van der Waals surface area contributed by atoms with Gasteiger partial charge < -0.3 is 9.72 Å². The van der Waals surface area contributed by atoms with E-state index in [-0.39, 0.29) is 5.78 Å². The lowest BCUT2D eigenvalue weighted by molar-refractivity contribution is 0.0881. The SMILES string of the molecule is COc1ccc2[nH]c(C(=O)C3(c4ccc(Cl)cc4)CCCC3)cc2c1. The van der Waals surface area contributed by atoms with Gasteiger partial charge in [0, 0.05) is 15.9 Å². The largest absolute Gasteiger partial charge is 0.497 e. The van der Waals surface area contributed by atoms with Crippen molar-refractivity contribution in [2.24, 2.45) is 0 Å². The Kier molecular flexibility index (Phi) is 4.04. The number of aromatic nitrogens is 1. The van der Waals surface area contributed by atoms with Crippen LogP contribution in [-0.2, 0) is 5.41 Å². The molecule has 0 bridgehead atoms. The van der Waals surface area contributed by atoms with Crippen LogP contribution in [0.3, 0.4) is 0 Å². The second kappa shape index (κ2) is 6.23. The van der Waals surface area contributed by atoms with Gasteiger partial charge in [-0.1, -0.05) is 36.6 Å². The summed E-state index contributed by atoms with van der Waals surface area (Å²) in [6.45, 7) is 0. The number of carbonyl (C=O) groups excluding carboxylic acids is 1. The molecule has 0 spiro atoms. The maximum Gasteiger partial charge on any atom is 0.189 e. The summed E-state index contributed by atoms with van der Waals surface area (Å²) in [6, 6.07) is 15.5. The highest BCUT2D eigenvalue weighted by Crippen LogP contribution is 2.44. The monoisotopic (exact) mass is 353 g/mol. The molecule has 25 heavy (non-hydrogen) atoms. The van der Waals surface area contributed by atoms with Crippen LogP contribution in [0.2, 0.25) is 5.02 Å². The number of rotatable bonds is 4. The molecule has 0 atom stereocenters. The first-order valence-corrected chi connectivity index (χ1v) is 8.98. The van der Waals surface area contributed by atoms with Gasteiger partial charge >= 0.3 is 0 Å². The van der Waals surface area contributed by atoms with Crippen LogP contribution in [-0.4, -0.2) is 17.9 Å². The van der Waals surface area contributed by atoms with Crippen LogP contribution >= 0.6 is 11.6 Å². The van der Waals surface area contributed by atoms with E-state index in [1.165, 1.54) is 0 Å². The van der Waals surface area contributed by atoms with Crippen LogP contribution in [0.4, 0.5) is 0 Å². The zero-order chi connectivity index (χ0) is 17.4. The molecule has 0 unspecified atom stereocenters. The average molecular weight is 354 g/mol. The molecule has 1 heterocycles. The Morgan fingerprint density at radius 2 is 1.80 bits per heavy atom. The van der Waals surface area contributed by atoms with Crippen molar-refractivity contribution >= 4 is 28.3 Å². The maximum atomic E-state index is 13.5. The molecule has 0 aliphatic heterocycles. The second-order valence-electron chi connectivity index (χ2n) is 6.76. The Bertz CT molecular complexity index is 921. The molecule has 4 rings (SSSR count). The minimum Gasteiger partial charge on any atom is -0.497 e. The Morgan fingerprint density at radius 3 is 2.48 bits per heavy atom. The lowest BCUT2D eigenvalue weighted by Crippen LogP contribution is -2.33. The summed E-state index contributed by atoms with van der Waals surface area (Å²) in [7, 11) is 1.65. The van der Waals surface area contributed by atoms with Gasteiger partial charge in [-0.25, -0.2) is 0 Å². The highest BCUT2D eigenvalue weighted by molar-refractivity contribution is 6.30. The first kappa shape index (κ1) is 16.2. The molecule has 0 saturated heterocycles. The fourth-order valence-corrected chi connectivity index (χ4v) is 4.14. The number of nitrogens with one attached hydrogen (secondary N) is 1. The topological polar surface area (TPSA) is 42.1 Å². The highest BCUT2D eigenvalue weighted by atomic mass is 35.5. The molecule has 1 saturated carbocycles. The average Bonchev–Trinajstić information content (AvgIpc) is 3.28. The van der Waals surface area contributed by atoms with Gasteiger partial charge in [0.15, 0.2) is 5.78 Å². The molecule has 0 amide bonds. The summed E-state index contributed by atoms with van der Waals surface area (Å²) in [5.41, 5.74) is 2.24. The summed E-state index contributed by atoms with van der Waals surface area (Å²) in [4.78, 5) is 16.8. The molecular formula is C21H20ClNO2. The number of carbonyl (C=O) groups is 1. The molecule has 1 aliphatic rings. The number of benzene rings is 2. The summed E-state index contributed by atoms with van der Waals surface area (Å²) < 4.78 is 5.28. The van der Waals surface area contributed by atoms with Gasteiger partial charge in [-0.05, 0) is 54.8 Å². The molecule has 3 nitrogen and oxygen atoms in total. The van der Waals surface area contributed by atoms with Gasteiger partial charge in [0.25, 0.3) is 0 Å². The molecule has 128 valence electrons. The van der Waals surface area contributed by atoms with Crippen LogP contribution in [0.25, 0.3) is 10.9 Å². The maximum absolute atomic E-state index is 13.5. The second-order valence-corrected chi connectivity index (χ2v) is 7.20. The highest BCUT2D eigenvalue weighted by Gasteiger charge is 2.43. The van der Waals surface area contributed by atoms with Crippen LogP contribution in [0, 0.1) is 0 Å². The van der Waals surface area contributed by atoms with Crippen molar-refractivity contribution in [2.75, 3.05) is 7.11 Å². The quantitative estimate of drug-likeness (QED) is 0.627. The van der Waals surface area contributed by atoms with E-state index in [4.69, 9.17) is 16.3 Å². The van der Waals surface area contributed by atoms with Crippen molar-refractivity contribution in [1.82, 2.24) is 4.98 Å². The zero-order valence-corrected chi connectivity index (χ0v) is 14.9. The molecule has 4 heteroatoms. The minimum absolute atomic E-state index is 0.169. The van der Waals surface area contributed by atoms with E-state index >= 15 is 0 Å². The Labute approximate surface area is 152 Å². The number of halogens is 1. The standard InChI is InChI=1S/C21H20ClNO2/c1-25-17-8-9-18-14(12-17)13-19(23-18)20(24)21(10-2-3-11-21)15-4-6-16(22)7-5-15/h4-9,12-13,23H,2-3,10-11H2,1H3. The molecular weight excluding hydrogens is 334 g/mol. The van der Waals surface area contributed by atoms with E-state index in [2.05, 4.69) is 4.98 Å². The fraction of sp³-hybridized carbons (Fsp3) is 0.286.